The number of hydrogen-bond acceptors (Lipinski definition) is 3. The number of aromatic nitrogens is 1. The van der Waals surface area contributed by atoms with Crippen molar-refractivity contribution >= 4 is 21.6 Å². The number of hydrogen-bond donors (Lipinski definition) is 2. The van der Waals surface area contributed by atoms with Crippen LogP contribution in [0.25, 0.3) is 0 Å². The molecule has 2 rings (SSSR count). The molecule has 0 bridgehead atoms. The van der Waals surface area contributed by atoms with E-state index in [1.165, 1.54) is 16.9 Å². The zero-order chi connectivity index (χ0) is 20.6. The summed E-state index contributed by atoms with van der Waals surface area (Å²) < 4.78 is 91.3. The molecule has 6 nitrogen and oxygen atoms in total. The highest BCUT2D eigenvalue weighted by Crippen LogP contribution is 2.25. The number of benzene rings is 1. The molecule has 0 aliphatic rings. The zero-order valence-electron chi connectivity index (χ0n) is 13.9. The number of carbonyl (C=O) groups is 1. The van der Waals surface area contributed by atoms with Gasteiger partial charge in [0.1, 0.15) is 22.4 Å². The first-order valence-corrected chi connectivity index (χ1v) is 8.82. The molecule has 2 N–H and O–H groups in total. The minimum atomic E-state index is -4.88. The molecule has 0 fully saturated rings. The lowest BCUT2D eigenvalue weighted by atomic mass is 10.3. The number of sulfonamides is 1. The molecule has 2 aromatic rings. The Balaban J connectivity index is 2.32. The molecule has 1 amide bonds. The fraction of sp³-hybridized carbons (Fsp3) is 0.267. The fourth-order valence-electron chi connectivity index (χ4n) is 2.10. The van der Waals surface area contributed by atoms with Gasteiger partial charge in [0, 0.05) is 18.9 Å². The molecule has 1 atom stereocenters. The molecule has 0 radical (unpaired) electrons. The third kappa shape index (κ3) is 4.63. The van der Waals surface area contributed by atoms with Crippen molar-refractivity contribution < 1.29 is 35.2 Å². The summed E-state index contributed by atoms with van der Waals surface area (Å²) in [5, 5.41) is 2.24. The Morgan fingerprint density at radius 1 is 1.15 bits per heavy atom. The summed E-state index contributed by atoms with van der Waals surface area (Å²) in [4.78, 5) is 11.1. The summed E-state index contributed by atoms with van der Waals surface area (Å²) >= 11 is 0. The van der Waals surface area contributed by atoms with E-state index in [2.05, 4.69) is 5.32 Å². The summed E-state index contributed by atoms with van der Waals surface area (Å²) in [6, 6.07) is 2.00. The summed E-state index contributed by atoms with van der Waals surface area (Å²) in [7, 11) is -3.73. The van der Waals surface area contributed by atoms with Gasteiger partial charge < -0.3 is 9.88 Å². The van der Waals surface area contributed by atoms with Crippen molar-refractivity contribution in [3.8, 4) is 0 Å². The van der Waals surface area contributed by atoms with Crippen molar-refractivity contribution in [2.75, 3.05) is 5.32 Å². The second-order valence-corrected chi connectivity index (χ2v) is 7.29. The number of carbonyl (C=O) groups excluding carboxylic acids is 1. The number of aryl methyl sites for hydroxylation is 1. The third-order valence-electron chi connectivity index (χ3n) is 3.52. The van der Waals surface area contributed by atoms with E-state index in [-0.39, 0.29) is 5.69 Å². The molecule has 12 heteroatoms. The van der Waals surface area contributed by atoms with E-state index < -0.39 is 50.4 Å². The van der Waals surface area contributed by atoms with Crippen molar-refractivity contribution in [3.63, 3.8) is 0 Å². The first-order valence-electron chi connectivity index (χ1n) is 7.33. The molecule has 27 heavy (non-hydrogen) atoms. The molecule has 0 saturated heterocycles. The number of anilines is 1. The predicted octanol–water partition coefficient (Wildman–Crippen LogP) is 2.78. The third-order valence-corrected chi connectivity index (χ3v) is 5.04. The van der Waals surface area contributed by atoms with Crippen LogP contribution in [0.4, 0.5) is 27.6 Å². The van der Waals surface area contributed by atoms with Crippen LogP contribution in [0.5, 0.6) is 0 Å². The van der Waals surface area contributed by atoms with Gasteiger partial charge >= 0.3 is 6.18 Å². The van der Waals surface area contributed by atoms with Gasteiger partial charge in [-0.05, 0) is 31.2 Å². The largest absolute Gasteiger partial charge is 0.404 e. The minimum absolute atomic E-state index is 0.107. The molecule has 0 saturated carbocycles. The molecule has 1 heterocycles. The van der Waals surface area contributed by atoms with Gasteiger partial charge in [-0.25, -0.2) is 17.2 Å². The molecular weight excluding hydrogens is 397 g/mol. The normalized spacial score (nSPS) is 13.4. The van der Waals surface area contributed by atoms with Gasteiger partial charge in [-0.1, -0.05) is 0 Å². The summed E-state index contributed by atoms with van der Waals surface area (Å²) in [6.07, 6.45) is -4.19. The highest BCUT2D eigenvalue weighted by molar-refractivity contribution is 7.89. The highest BCUT2D eigenvalue weighted by Gasteiger charge is 2.40. The van der Waals surface area contributed by atoms with Crippen LogP contribution in [-0.4, -0.2) is 31.1 Å². The van der Waals surface area contributed by atoms with Gasteiger partial charge in [0.15, 0.2) is 5.82 Å². The molecule has 1 aromatic carbocycles. The zero-order valence-corrected chi connectivity index (χ0v) is 14.8. The van der Waals surface area contributed by atoms with Crippen LogP contribution >= 0.6 is 0 Å². The lowest BCUT2D eigenvalue weighted by molar-refractivity contribution is -0.147. The lowest BCUT2D eigenvalue weighted by Crippen LogP contribution is -2.43. The lowest BCUT2D eigenvalue weighted by Gasteiger charge is -2.16. The number of amides is 1. The Bertz CT molecular complexity index is 952. The minimum Gasteiger partial charge on any atom is -0.343 e. The first kappa shape index (κ1) is 20.8. The number of nitrogens with one attached hydrogen (secondary N) is 2. The standard InChI is InChI=1S/C15H14F5N3O3S/c1-8(15(18,19)20)22-27(25,26)11-7-23(2)13(12(11)17)14(24)21-10-5-3-9(16)4-6-10/h3-8,22H,1-2H3,(H,21,24)/t8-/m1/s1. The van der Waals surface area contributed by atoms with Gasteiger partial charge in [-0.2, -0.15) is 17.9 Å². The summed E-state index contributed by atoms with van der Waals surface area (Å²) in [6.45, 7) is 0.556. The van der Waals surface area contributed by atoms with Crippen LogP contribution in [0, 0.1) is 11.6 Å². The number of alkyl halides is 3. The predicted molar refractivity (Wildman–Crippen MR) is 85.6 cm³/mol. The van der Waals surface area contributed by atoms with Crippen LogP contribution in [0.15, 0.2) is 35.4 Å². The molecule has 148 valence electrons. The van der Waals surface area contributed by atoms with Crippen LogP contribution in [0.1, 0.15) is 17.4 Å². The first-order chi connectivity index (χ1) is 12.3. The Hall–Kier alpha value is -2.47. The second-order valence-electron chi connectivity index (χ2n) is 5.61. The van der Waals surface area contributed by atoms with Gasteiger partial charge in [-0.3, -0.25) is 4.79 Å². The van der Waals surface area contributed by atoms with E-state index in [0.29, 0.717) is 13.1 Å². The Morgan fingerprint density at radius 3 is 2.22 bits per heavy atom. The van der Waals surface area contributed by atoms with Gasteiger partial charge in [0.25, 0.3) is 5.91 Å². The van der Waals surface area contributed by atoms with Crippen molar-refractivity contribution in [1.82, 2.24) is 9.29 Å². The summed E-state index contributed by atoms with van der Waals surface area (Å²) in [5.41, 5.74) is -0.616. The number of rotatable bonds is 5. The van der Waals surface area contributed by atoms with Crippen LogP contribution in [-0.2, 0) is 17.1 Å². The van der Waals surface area contributed by atoms with Crippen molar-refractivity contribution in [1.29, 1.82) is 0 Å². The molecule has 0 spiro atoms. The molecule has 0 aliphatic heterocycles. The Morgan fingerprint density at radius 2 is 1.70 bits per heavy atom. The molecule has 0 aliphatic carbocycles. The van der Waals surface area contributed by atoms with Gasteiger partial charge in [0.05, 0.1) is 0 Å². The summed E-state index contributed by atoms with van der Waals surface area (Å²) in [5.74, 6) is -3.15. The van der Waals surface area contributed by atoms with Crippen LogP contribution in [0.2, 0.25) is 0 Å². The SMILES string of the molecule is C[C@@H](NS(=O)(=O)c1cn(C)c(C(=O)Nc2ccc(F)cc2)c1F)C(F)(F)F. The van der Waals surface area contributed by atoms with Crippen molar-refractivity contribution in [2.45, 2.75) is 24.0 Å². The number of halogens is 5. The maximum absolute atomic E-state index is 14.5. The van der Waals surface area contributed by atoms with Crippen LogP contribution in [0.3, 0.4) is 0 Å². The monoisotopic (exact) mass is 411 g/mol. The van der Waals surface area contributed by atoms with E-state index >= 15 is 0 Å². The molecule has 0 unspecified atom stereocenters. The van der Waals surface area contributed by atoms with Crippen molar-refractivity contribution in [3.05, 3.63) is 47.8 Å². The average molecular weight is 411 g/mol. The van der Waals surface area contributed by atoms with E-state index in [1.54, 1.807) is 0 Å². The maximum Gasteiger partial charge on any atom is 0.404 e. The topological polar surface area (TPSA) is 80.2 Å². The van der Waals surface area contributed by atoms with Crippen LogP contribution < -0.4 is 10.0 Å². The second kappa shape index (κ2) is 7.27. The maximum atomic E-state index is 14.5. The van der Waals surface area contributed by atoms with Crippen molar-refractivity contribution in [2.24, 2.45) is 7.05 Å². The van der Waals surface area contributed by atoms with E-state index in [0.717, 1.165) is 23.7 Å². The average Bonchev–Trinajstić information content (AvgIpc) is 2.84. The Kier molecular flexibility index (Phi) is 5.61. The molecular formula is C15H14F5N3O3S. The quantitative estimate of drug-likeness (QED) is 0.743. The molecule has 1 aromatic heterocycles. The fourth-order valence-corrected chi connectivity index (χ4v) is 3.46. The van der Waals surface area contributed by atoms with E-state index in [1.807, 2.05) is 0 Å². The smallest absolute Gasteiger partial charge is 0.343 e. The van der Waals surface area contributed by atoms with E-state index in [9.17, 15) is 35.2 Å². The number of nitrogens with zero attached hydrogens (tertiary/aromatic N) is 1. The van der Waals surface area contributed by atoms with Gasteiger partial charge in [0.2, 0.25) is 10.0 Å². The van der Waals surface area contributed by atoms with Gasteiger partial charge in [-0.15, -0.1) is 0 Å². The Labute approximate surface area is 151 Å². The highest BCUT2D eigenvalue weighted by atomic mass is 32.2. The van der Waals surface area contributed by atoms with E-state index in [4.69, 9.17) is 0 Å².